The summed E-state index contributed by atoms with van der Waals surface area (Å²) in [6.45, 7) is 14.2. The zero-order chi connectivity index (χ0) is 12.0. The SMILES string of the molecule is CC(C)(C)C(C)(C)O.CC(C)CCO. The van der Waals surface area contributed by atoms with Gasteiger partial charge in [-0.3, -0.25) is 0 Å². The van der Waals surface area contributed by atoms with Crippen molar-refractivity contribution < 1.29 is 10.2 Å². The van der Waals surface area contributed by atoms with Crippen molar-refractivity contribution in [2.75, 3.05) is 6.61 Å². The maximum absolute atomic E-state index is 9.35. The molecule has 2 N–H and O–H groups in total. The zero-order valence-corrected chi connectivity index (χ0v) is 10.9. The summed E-state index contributed by atoms with van der Waals surface area (Å²) in [6, 6.07) is 0. The van der Waals surface area contributed by atoms with Gasteiger partial charge in [0.2, 0.25) is 0 Å². The van der Waals surface area contributed by atoms with E-state index < -0.39 is 5.60 Å². The van der Waals surface area contributed by atoms with Crippen molar-refractivity contribution in [2.24, 2.45) is 11.3 Å². The first-order chi connectivity index (χ1) is 6.02. The highest BCUT2D eigenvalue weighted by atomic mass is 16.3. The van der Waals surface area contributed by atoms with Gasteiger partial charge in [0.25, 0.3) is 0 Å². The summed E-state index contributed by atoms with van der Waals surface area (Å²) in [5, 5.41) is 17.6. The van der Waals surface area contributed by atoms with Crippen LogP contribution in [0.2, 0.25) is 0 Å². The van der Waals surface area contributed by atoms with Gasteiger partial charge in [-0.1, -0.05) is 34.6 Å². The van der Waals surface area contributed by atoms with E-state index in [4.69, 9.17) is 5.11 Å². The highest BCUT2D eigenvalue weighted by Crippen LogP contribution is 2.28. The predicted molar refractivity (Wildman–Crippen MR) is 62.3 cm³/mol. The Balaban J connectivity index is 0. The lowest BCUT2D eigenvalue weighted by Crippen LogP contribution is -2.35. The molecule has 0 rings (SSSR count). The van der Waals surface area contributed by atoms with Crippen LogP contribution < -0.4 is 0 Å². The van der Waals surface area contributed by atoms with Crippen LogP contribution in [0, 0.1) is 11.3 Å². The summed E-state index contributed by atoms with van der Waals surface area (Å²) in [5.41, 5.74) is -0.569. The van der Waals surface area contributed by atoms with Gasteiger partial charge in [0.15, 0.2) is 0 Å². The second kappa shape index (κ2) is 6.41. The van der Waals surface area contributed by atoms with E-state index >= 15 is 0 Å². The lowest BCUT2D eigenvalue weighted by molar-refractivity contribution is -0.0238. The molecule has 0 spiro atoms. The quantitative estimate of drug-likeness (QED) is 0.726. The first-order valence-corrected chi connectivity index (χ1v) is 5.35. The van der Waals surface area contributed by atoms with Gasteiger partial charge in [-0.05, 0) is 31.6 Å². The van der Waals surface area contributed by atoms with E-state index in [0.717, 1.165) is 6.42 Å². The molecule has 0 aromatic rings. The summed E-state index contributed by atoms with van der Waals surface area (Å²) >= 11 is 0. The standard InChI is InChI=1S/C7H16O.C5H12O/c1-6(2,3)7(4,5)8;1-5(2)3-4-6/h8H,1-5H3;5-6H,3-4H2,1-2H3. The molecule has 0 amide bonds. The summed E-state index contributed by atoms with van der Waals surface area (Å²) in [7, 11) is 0. The molecule has 0 aromatic carbocycles. The van der Waals surface area contributed by atoms with Gasteiger partial charge in [0, 0.05) is 6.61 Å². The molecule has 0 unspecified atom stereocenters. The molecule has 0 aliphatic carbocycles. The Morgan fingerprint density at radius 2 is 1.29 bits per heavy atom. The summed E-state index contributed by atoms with van der Waals surface area (Å²) in [6.07, 6.45) is 0.931. The van der Waals surface area contributed by atoms with Gasteiger partial charge in [-0.25, -0.2) is 0 Å². The smallest absolute Gasteiger partial charge is 0.0639 e. The summed E-state index contributed by atoms with van der Waals surface area (Å²) < 4.78 is 0. The fourth-order valence-corrected chi connectivity index (χ4v) is 0.258. The fourth-order valence-electron chi connectivity index (χ4n) is 0.258. The Labute approximate surface area is 89.3 Å². The fraction of sp³-hybridized carbons (Fsp3) is 1.00. The molecular formula is C12H28O2. The molecule has 0 fully saturated rings. The highest BCUT2D eigenvalue weighted by Gasteiger charge is 2.29. The molecule has 0 aliphatic rings. The van der Waals surface area contributed by atoms with Crippen LogP contribution in [0.1, 0.15) is 54.9 Å². The average Bonchev–Trinajstić information content (AvgIpc) is 1.82. The number of hydrogen-bond acceptors (Lipinski definition) is 2. The van der Waals surface area contributed by atoms with E-state index in [2.05, 4.69) is 13.8 Å². The zero-order valence-electron chi connectivity index (χ0n) is 10.9. The van der Waals surface area contributed by atoms with E-state index in [0.29, 0.717) is 12.5 Å². The van der Waals surface area contributed by atoms with Crippen molar-refractivity contribution in [2.45, 2.75) is 60.5 Å². The maximum Gasteiger partial charge on any atom is 0.0639 e. The molecule has 14 heavy (non-hydrogen) atoms. The van der Waals surface area contributed by atoms with Crippen LogP contribution in [0.5, 0.6) is 0 Å². The van der Waals surface area contributed by atoms with Gasteiger partial charge < -0.3 is 10.2 Å². The van der Waals surface area contributed by atoms with E-state index in [-0.39, 0.29) is 5.41 Å². The van der Waals surface area contributed by atoms with E-state index in [1.165, 1.54) is 0 Å². The minimum Gasteiger partial charge on any atom is -0.396 e. The van der Waals surface area contributed by atoms with Crippen molar-refractivity contribution in [3.63, 3.8) is 0 Å². The molecule has 0 atom stereocenters. The van der Waals surface area contributed by atoms with Crippen molar-refractivity contribution in [3.05, 3.63) is 0 Å². The molecule has 2 heteroatoms. The van der Waals surface area contributed by atoms with Crippen LogP contribution in [0.15, 0.2) is 0 Å². The first-order valence-electron chi connectivity index (χ1n) is 5.35. The van der Waals surface area contributed by atoms with Crippen LogP contribution in [0.3, 0.4) is 0 Å². The topological polar surface area (TPSA) is 40.5 Å². The number of rotatable bonds is 2. The minimum absolute atomic E-state index is 0.00694. The lowest BCUT2D eigenvalue weighted by Gasteiger charge is -2.33. The Hall–Kier alpha value is -0.0800. The number of aliphatic hydroxyl groups excluding tert-OH is 1. The molecule has 0 radical (unpaired) electrons. The van der Waals surface area contributed by atoms with Crippen LogP contribution in [-0.4, -0.2) is 22.4 Å². The third-order valence-electron chi connectivity index (χ3n) is 2.54. The summed E-state index contributed by atoms with van der Waals surface area (Å²) in [4.78, 5) is 0. The molecule has 0 bridgehead atoms. The largest absolute Gasteiger partial charge is 0.396 e. The van der Waals surface area contributed by atoms with Crippen LogP contribution in [0.25, 0.3) is 0 Å². The maximum atomic E-state index is 9.35. The first kappa shape index (κ1) is 16.4. The van der Waals surface area contributed by atoms with Crippen molar-refractivity contribution >= 4 is 0 Å². The van der Waals surface area contributed by atoms with E-state index in [1.807, 2.05) is 34.6 Å². The van der Waals surface area contributed by atoms with Crippen molar-refractivity contribution in [3.8, 4) is 0 Å². The van der Waals surface area contributed by atoms with Gasteiger partial charge in [-0.15, -0.1) is 0 Å². The Morgan fingerprint density at radius 3 is 1.29 bits per heavy atom. The molecule has 88 valence electrons. The van der Waals surface area contributed by atoms with E-state index in [9.17, 15) is 5.11 Å². The lowest BCUT2D eigenvalue weighted by atomic mass is 9.79. The highest BCUT2D eigenvalue weighted by molar-refractivity contribution is 4.80. The van der Waals surface area contributed by atoms with Crippen LogP contribution in [-0.2, 0) is 0 Å². The number of aliphatic hydroxyl groups is 2. The molecular weight excluding hydrogens is 176 g/mol. The van der Waals surface area contributed by atoms with Crippen LogP contribution >= 0.6 is 0 Å². The van der Waals surface area contributed by atoms with Crippen LogP contribution in [0.4, 0.5) is 0 Å². The predicted octanol–water partition coefficient (Wildman–Crippen LogP) is 2.83. The van der Waals surface area contributed by atoms with Gasteiger partial charge in [-0.2, -0.15) is 0 Å². The second-order valence-corrected chi connectivity index (χ2v) is 5.72. The Morgan fingerprint density at radius 1 is 1.00 bits per heavy atom. The van der Waals surface area contributed by atoms with Crippen molar-refractivity contribution in [1.29, 1.82) is 0 Å². The second-order valence-electron chi connectivity index (χ2n) is 5.72. The third-order valence-corrected chi connectivity index (χ3v) is 2.54. The average molecular weight is 204 g/mol. The monoisotopic (exact) mass is 204 g/mol. The minimum atomic E-state index is -0.562. The van der Waals surface area contributed by atoms with Gasteiger partial charge >= 0.3 is 0 Å². The van der Waals surface area contributed by atoms with Crippen molar-refractivity contribution in [1.82, 2.24) is 0 Å². The normalized spacial score (nSPS) is 12.4. The van der Waals surface area contributed by atoms with E-state index in [1.54, 1.807) is 0 Å². The molecule has 0 heterocycles. The third kappa shape index (κ3) is 10.0. The van der Waals surface area contributed by atoms with Gasteiger partial charge in [0.1, 0.15) is 0 Å². The summed E-state index contributed by atoms with van der Waals surface area (Å²) in [5.74, 6) is 0.648. The molecule has 0 saturated heterocycles. The molecule has 0 saturated carbocycles. The Kier molecular flexibility index (Phi) is 7.49. The molecule has 0 aromatic heterocycles. The molecule has 0 aliphatic heterocycles. The molecule has 2 nitrogen and oxygen atoms in total. The van der Waals surface area contributed by atoms with Gasteiger partial charge in [0.05, 0.1) is 5.60 Å². The Bertz CT molecular complexity index is 114. The number of hydrogen-bond donors (Lipinski definition) is 2.